The molecule has 0 aromatic carbocycles. The van der Waals surface area contributed by atoms with Crippen molar-refractivity contribution in [3.63, 3.8) is 0 Å². The van der Waals surface area contributed by atoms with Crippen LogP contribution in [0.1, 0.15) is 51.9 Å². The lowest BCUT2D eigenvalue weighted by Gasteiger charge is -2.36. The van der Waals surface area contributed by atoms with Crippen molar-refractivity contribution in [1.82, 2.24) is 5.32 Å². The number of alkyl halides is 3. The van der Waals surface area contributed by atoms with E-state index in [0.717, 1.165) is 12.8 Å². The molecule has 0 heterocycles. The number of fused-ring (bicyclic) bond motifs is 1. The van der Waals surface area contributed by atoms with E-state index in [1.54, 1.807) is 0 Å². The van der Waals surface area contributed by atoms with Crippen molar-refractivity contribution in [2.24, 2.45) is 17.8 Å². The molecule has 0 spiro atoms. The van der Waals surface area contributed by atoms with E-state index in [2.05, 4.69) is 12.2 Å². The number of hydrogen-bond donors (Lipinski definition) is 2. The molecular formula is C18H30ClF2NO3. The third-order valence-electron chi connectivity index (χ3n) is 5.76. The van der Waals surface area contributed by atoms with Gasteiger partial charge in [-0.2, -0.15) is 0 Å². The zero-order valence-corrected chi connectivity index (χ0v) is 15.7. The van der Waals surface area contributed by atoms with E-state index in [-0.39, 0.29) is 48.9 Å². The van der Waals surface area contributed by atoms with Crippen molar-refractivity contribution in [1.29, 1.82) is 0 Å². The van der Waals surface area contributed by atoms with Crippen LogP contribution in [0.2, 0.25) is 0 Å². The first-order valence-electron chi connectivity index (χ1n) is 9.32. The highest BCUT2D eigenvalue weighted by Gasteiger charge is 2.56. The maximum absolute atomic E-state index is 13.8. The Bertz CT molecular complexity index is 452. The number of nitrogens with one attached hydrogen (secondary N) is 1. The molecule has 0 aliphatic heterocycles. The Morgan fingerprint density at radius 3 is 2.80 bits per heavy atom. The van der Waals surface area contributed by atoms with Gasteiger partial charge in [-0.15, -0.1) is 11.6 Å². The van der Waals surface area contributed by atoms with Gasteiger partial charge in [0.25, 0.3) is 0 Å². The summed E-state index contributed by atoms with van der Waals surface area (Å²) in [6, 6.07) is 0. The average Bonchev–Trinajstić information content (AvgIpc) is 2.82. The van der Waals surface area contributed by atoms with Crippen molar-refractivity contribution < 1.29 is 23.4 Å². The van der Waals surface area contributed by atoms with Crippen molar-refractivity contribution >= 4 is 17.5 Å². The quantitative estimate of drug-likeness (QED) is 0.475. The van der Waals surface area contributed by atoms with Gasteiger partial charge >= 0.3 is 0 Å². The van der Waals surface area contributed by atoms with Crippen LogP contribution in [0.25, 0.3) is 0 Å². The second-order valence-electron chi connectivity index (χ2n) is 7.60. The predicted molar refractivity (Wildman–Crippen MR) is 92.9 cm³/mol. The minimum atomic E-state index is -2.64. The lowest BCUT2D eigenvalue weighted by molar-refractivity contribution is -0.120. The van der Waals surface area contributed by atoms with Crippen molar-refractivity contribution in [2.75, 3.05) is 25.6 Å². The molecular weight excluding hydrogens is 352 g/mol. The Morgan fingerprint density at radius 1 is 1.36 bits per heavy atom. The Labute approximate surface area is 153 Å². The molecule has 0 aromatic heterocycles. The summed E-state index contributed by atoms with van der Waals surface area (Å²) < 4.78 is 33.2. The molecule has 25 heavy (non-hydrogen) atoms. The van der Waals surface area contributed by atoms with E-state index >= 15 is 0 Å². The van der Waals surface area contributed by atoms with Gasteiger partial charge in [0.2, 0.25) is 11.8 Å². The summed E-state index contributed by atoms with van der Waals surface area (Å²) in [6.07, 6.45) is 3.10. The number of carbonyl (C=O) groups excluding carboxylic acids is 1. The normalized spacial score (nSPS) is 33.9. The summed E-state index contributed by atoms with van der Waals surface area (Å²) in [6.45, 7) is 3.34. The Balaban J connectivity index is 2.01. The average molecular weight is 382 g/mol. The summed E-state index contributed by atoms with van der Waals surface area (Å²) in [4.78, 5) is 11.5. The molecule has 1 amide bonds. The summed E-state index contributed by atoms with van der Waals surface area (Å²) in [5, 5.41) is 13.8. The van der Waals surface area contributed by atoms with E-state index in [9.17, 15) is 18.7 Å². The molecule has 4 nitrogen and oxygen atoms in total. The Kier molecular flexibility index (Phi) is 7.47. The van der Waals surface area contributed by atoms with Crippen LogP contribution in [0.5, 0.6) is 0 Å². The van der Waals surface area contributed by atoms with Gasteiger partial charge in [-0.25, -0.2) is 8.78 Å². The molecule has 0 bridgehead atoms. The predicted octanol–water partition coefficient (Wildman–Crippen LogP) is 3.35. The minimum absolute atomic E-state index is 0.0623. The van der Waals surface area contributed by atoms with E-state index in [1.165, 1.54) is 0 Å². The molecule has 146 valence electrons. The van der Waals surface area contributed by atoms with Crippen LogP contribution in [-0.4, -0.2) is 48.2 Å². The van der Waals surface area contributed by atoms with Crippen molar-refractivity contribution in [3.8, 4) is 0 Å². The SMILES string of the molecule is CCCCOCC[C@H]1[C@@H]2CCC(F)(F)C[C@@H]2CC1(O)CNC(=O)CCl. The van der Waals surface area contributed by atoms with E-state index in [1.807, 2.05) is 0 Å². The largest absolute Gasteiger partial charge is 0.388 e. The molecule has 2 saturated carbocycles. The van der Waals surface area contributed by atoms with Gasteiger partial charge in [-0.3, -0.25) is 4.79 Å². The maximum Gasteiger partial charge on any atom is 0.248 e. The van der Waals surface area contributed by atoms with Crippen LogP contribution in [0.15, 0.2) is 0 Å². The van der Waals surface area contributed by atoms with Gasteiger partial charge in [-0.1, -0.05) is 13.3 Å². The van der Waals surface area contributed by atoms with Crippen LogP contribution in [0.4, 0.5) is 8.78 Å². The molecule has 7 heteroatoms. The van der Waals surface area contributed by atoms with E-state index in [4.69, 9.17) is 16.3 Å². The third kappa shape index (κ3) is 5.51. The smallest absolute Gasteiger partial charge is 0.248 e. The van der Waals surface area contributed by atoms with Crippen LogP contribution in [0.3, 0.4) is 0 Å². The zero-order valence-electron chi connectivity index (χ0n) is 14.9. The lowest BCUT2D eigenvalue weighted by Crippen LogP contribution is -2.47. The highest BCUT2D eigenvalue weighted by atomic mass is 35.5. The maximum atomic E-state index is 13.8. The van der Waals surface area contributed by atoms with Crippen molar-refractivity contribution in [2.45, 2.75) is 63.4 Å². The minimum Gasteiger partial charge on any atom is -0.388 e. The molecule has 0 aromatic rings. The molecule has 1 unspecified atom stereocenters. The molecule has 2 aliphatic carbocycles. The number of halogens is 3. The van der Waals surface area contributed by atoms with Crippen LogP contribution < -0.4 is 5.32 Å². The fraction of sp³-hybridized carbons (Fsp3) is 0.944. The second-order valence-corrected chi connectivity index (χ2v) is 7.87. The lowest BCUT2D eigenvalue weighted by atomic mass is 9.74. The standard InChI is InChI=1S/C18H30ClF2NO3/c1-2-3-7-25-8-5-15-14-4-6-18(20,21)10-13(14)9-17(15,24)12-22-16(23)11-19/h13-15,24H,2-12H2,1H3,(H,22,23)/t13-,14+,15-,17?/m0/s1. The van der Waals surface area contributed by atoms with Crippen LogP contribution in [0, 0.1) is 17.8 Å². The Morgan fingerprint density at radius 2 is 2.12 bits per heavy atom. The molecule has 2 aliphatic rings. The fourth-order valence-electron chi connectivity index (χ4n) is 4.55. The number of amides is 1. The topological polar surface area (TPSA) is 58.6 Å². The summed E-state index contributed by atoms with van der Waals surface area (Å²) >= 11 is 5.50. The summed E-state index contributed by atoms with van der Waals surface area (Å²) in [7, 11) is 0. The fourth-order valence-corrected chi connectivity index (χ4v) is 4.65. The number of rotatable bonds is 9. The monoisotopic (exact) mass is 381 g/mol. The first kappa shape index (κ1) is 20.8. The van der Waals surface area contributed by atoms with Crippen LogP contribution >= 0.6 is 11.6 Å². The molecule has 4 atom stereocenters. The third-order valence-corrected chi connectivity index (χ3v) is 6.00. The number of ether oxygens (including phenoxy) is 1. The van der Waals surface area contributed by atoms with Gasteiger partial charge in [0.1, 0.15) is 5.88 Å². The van der Waals surface area contributed by atoms with Gasteiger partial charge in [0.15, 0.2) is 0 Å². The molecule has 0 radical (unpaired) electrons. The molecule has 0 saturated heterocycles. The molecule has 2 fully saturated rings. The molecule has 2 N–H and O–H groups in total. The number of carbonyl (C=O) groups is 1. The second kappa shape index (κ2) is 8.96. The molecule has 2 rings (SSSR count). The van der Waals surface area contributed by atoms with Gasteiger partial charge < -0.3 is 15.2 Å². The highest BCUT2D eigenvalue weighted by Crippen LogP contribution is 2.55. The van der Waals surface area contributed by atoms with E-state index < -0.39 is 11.5 Å². The van der Waals surface area contributed by atoms with Gasteiger partial charge in [-0.05, 0) is 43.4 Å². The van der Waals surface area contributed by atoms with Gasteiger partial charge in [0, 0.05) is 32.6 Å². The number of hydrogen-bond acceptors (Lipinski definition) is 3. The summed E-state index contributed by atoms with van der Waals surface area (Å²) in [5.74, 6) is -3.45. The van der Waals surface area contributed by atoms with Crippen molar-refractivity contribution in [3.05, 3.63) is 0 Å². The van der Waals surface area contributed by atoms with E-state index in [0.29, 0.717) is 32.5 Å². The number of aliphatic hydroxyl groups is 1. The first-order valence-corrected chi connectivity index (χ1v) is 9.85. The van der Waals surface area contributed by atoms with Gasteiger partial charge in [0.05, 0.1) is 5.60 Å². The Hall–Kier alpha value is -0.460. The highest BCUT2D eigenvalue weighted by molar-refractivity contribution is 6.27. The first-order chi connectivity index (χ1) is 11.8. The number of unbranched alkanes of at least 4 members (excludes halogenated alkanes) is 1. The zero-order chi connectivity index (χ0) is 18.5. The van der Waals surface area contributed by atoms with Crippen LogP contribution in [-0.2, 0) is 9.53 Å². The summed E-state index contributed by atoms with van der Waals surface area (Å²) in [5.41, 5.74) is -1.16.